The largest absolute Gasteiger partial charge is 0.494 e. The van der Waals surface area contributed by atoms with Crippen LogP contribution in [-0.2, 0) is 18.3 Å². The fourth-order valence-electron chi connectivity index (χ4n) is 2.70. The van der Waals surface area contributed by atoms with Crippen LogP contribution in [0.2, 0.25) is 0 Å². The van der Waals surface area contributed by atoms with Crippen molar-refractivity contribution in [3.63, 3.8) is 0 Å². The number of hydrazone groups is 1. The molecular formula is C21H24N4O2. The molecule has 1 heterocycles. The van der Waals surface area contributed by atoms with Gasteiger partial charge < -0.3 is 9.30 Å². The lowest BCUT2D eigenvalue weighted by Gasteiger charge is -2.05. The number of unbranched alkanes of at least 4 members (excludes halogenated alkanes) is 1. The van der Waals surface area contributed by atoms with Gasteiger partial charge in [-0.3, -0.25) is 4.79 Å². The van der Waals surface area contributed by atoms with Gasteiger partial charge in [-0.25, -0.2) is 10.4 Å². The fraction of sp³-hybridized carbons (Fsp3) is 0.286. The highest BCUT2D eigenvalue weighted by molar-refractivity contribution is 5.84. The SMILES string of the molecule is CCCCOc1ccc(C=NNC(=O)Cc2nc3ccccc3n2C)cc1. The maximum absolute atomic E-state index is 12.1. The predicted molar refractivity (Wildman–Crippen MR) is 107 cm³/mol. The summed E-state index contributed by atoms with van der Waals surface area (Å²) in [7, 11) is 1.91. The van der Waals surface area contributed by atoms with E-state index in [4.69, 9.17) is 4.74 Å². The third-order valence-electron chi connectivity index (χ3n) is 4.25. The molecule has 0 aliphatic carbocycles. The summed E-state index contributed by atoms with van der Waals surface area (Å²) in [5, 5.41) is 4.02. The third kappa shape index (κ3) is 4.94. The molecule has 0 aliphatic rings. The molecule has 1 aromatic heterocycles. The number of carbonyl (C=O) groups is 1. The van der Waals surface area contributed by atoms with Crippen LogP contribution >= 0.6 is 0 Å². The van der Waals surface area contributed by atoms with Gasteiger partial charge in [-0.05, 0) is 48.4 Å². The van der Waals surface area contributed by atoms with Crippen molar-refractivity contribution in [2.24, 2.45) is 12.1 Å². The smallest absolute Gasteiger partial charge is 0.247 e. The number of nitrogens with one attached hydrogen (secondary N) is 1. The Morgan fingerprint density at radius 2 is 2.00 bits per heavy atom. The van der Waals surface area contributed by atoms with Crippen molar-refractivity contribution in [2.45, 2.75) is 26.2 Å². The summed E-state index contributed by atoms with van der Waals surface area (Å²) in [5.41, 5.74) is 5.33. The minimum absolute atomic E-state index is 0.173. The lowest BCUT2D eigenvalue weighted by molar-refractivity contribution is -0.120. The van der Waals surface area contributed by atoms with Crippen LogP contribution in [0.4, 0.5) is 0 Å². The molecule has 1 amide bonds. The normalized spacial score (nSPS) is 11.2. The Morgan fingerprint density at radius 1 is 1.22 bits per heavy atom. The van der Waals surface area contributed by atoms with Gasteiger partial charge in [0.15, 0.2) is 0 Å². The molecule has 140 valence electrons. The molecule has 6 heteroatoms. The number of para-hydroxylation sites is 2. The Kier molecular flexibility index (Phi) is 6.20. The summed E-state index contributed by atoms with van der Waals surface area (Å²) in [6.45, 7) is 2.86. The van der Waals surface area contributed by atoms with E-state index in [1.165, 1.54) is 0 Å². The molecule has 0 unspecified atom stereocenters. The summed E-state index contributed by atoms with van der Waals surface area (Å²) < 4.78 is 7.55. The van der Waals surface area contributed by atoms with Crippen molar-refractivity contribution < 1.29 is 9.53 Å². The van der Waals surface area contributed by atoms with Crippen LogP contribution in [-0.4, -0.2) is 28.3 Å². The molecule has 0 saturated heterocycles. The standard InChI is InChI=1S/C21H24N4O2/c1-3-4-13-27-17-11-9-16(10-12-17)15-22-24-21(26)14-20-23-18-7-5-6-8-19(18)25(20)2/h5-12,15H,3-4,13-14H2,1-2H3,(H,24,26). The first-order valence-electron chi connectivity index (χ1n) is 9.12. The molecule has 6 nitrogen and oxygen atoms in total. The van der Waals surface area contributed by atoms with Crippen LogP contribution in [0.25, 0.3) is 11.0 Å². The second-order valence-electron chi connectivity index (χ2n) is 6.32. The molecule has 0 spiro atoms. The van der Waals surface area contributed by atoms with Gasteiger partial charge >= 0.3 is 0 Å². The molecule has 0 atom stereocenters. The van der Waals surface area contributed by atoms with Gasteiger partial charge in [0, 0.05) is 7.05 Å². The topological polar surface area (TPSA) is 68.5 Å². The molecule has 0 bridgehead atoms. The summed E-state index contributed by atoms with van der Waals surface area (Å²) in [6, 6.07) is 15.4. The summed E-state index contributed by atoms with van der Waals surface area (Å²) in [4.78, 5) is 16.6. The summed E-state index contributed by atoms with van der Waals surface area (Å²) in [5.74, 6) is 1.34. The van der Waals surface area contributed by atoms with E-state index < -0.39 is 0 Å². The first kappa shape index (κ1) is 18.6. The van der Waals surface area contributed by atoms with Crippen LogP contribution in [0.1, 0.15) is 31.2 Å². The van der Waals surface area contributed by atoms with Crippen molar-refractivity contribution >= 4 is 23.2 Å². The van der Waals surface area contributed by atoms with Crippen molar-refractivity contribution in [1.29, 1.82) is 0 Å². The second-order valence-corrected chi connectivity index (χ2v) is 6.32. The minimum atomic E-state index is -0.204. The fourth-order valence-corrected chi connectivity index (χ4v) is 2.70. The Labute approximate surface area is 158 Å². The number of benzene rings is 2. The summed E-state index contributed by atoms with van der Waals surface area (Å²) in [6.07, 6.45) is 3.94. The Balaban J connectivity index is 1.53. The molecule has 0 fully saturated rings. The molecule has 3 rings (SSSR count). The van der Waals surface area contributed by atoms with Gasteiger partial charge in [-0.1, -0.05) is 25.5 Å². The lowest BCUT2D eigenvalue weighted by Crippen LogP contribution is -2.21. The van der Waals surface area contributed by atoms with E-state index in [-0.39, 0.29) is 12.3 Å². The van der Waals surface area contributed by atoms with Gasteiger partial charge in [0.2, 0.25) is 5.91 Å². The molecule has 1 N–H and O–H groups in total. The number of nitrogens with zero attached hydrogens (tertiary/aromatic N) is 3. The average molecular weight is 364 g/mol. The zero-order chi connectivity index (χ0) is 19.1. The second kappa shape index (κ2) is 8.98. The predicted octanol–water partition coefficient (Wildman–Crippen LogP) is 3.45. The maximum atomic E-state index is 12.1. The number of fused-ring (bicyclic) bond motifs is 1. The van der Waals surface area contributed by atoms with Crippen molar-refractivity contribution in [3.8, 4) is 5.75 Å². The number of carbonyl (C=O) groups excluding carboxylic acids is 1. The van der Waals surface area contributed by atoms with E-state index in [1.807, 2.05) is 60.1 Å². The van der Waals surface area contributed by atoms with Crippen LogP contribution in [0.3, 0.4) is 0 Å². The number of hydrogen-bond donors (Lipinski definition) is 1. The monoisotopic (exact) mass is 364 g/mol. The van der Waals surface area contributed by atoms with E-state index in [2.05, 4.69) is 22.4 Å². The van der Waals surface area contributed by atoms with Crippen molar-refractivity contribution in [2.75, 3.05) is 6.61 Å². The van der Waals surface area contributed by atoms with Gasteiger partial charge in [0.05, 0.1) is 30.3 Å². The highest BCUT2D eigenvalue weighted by atomic mass is 16.5. The van der Waals surface area contributed by atoms with Crippen molar-refractivity contribution in [3.05, 3.63) is 59.9 Å². The lowest BCUT2D eigenvalue weighted by atomic mass is 10.2. The highest BCUT2D eigenvalue weighted by Gasteiger charge is 2.10. The van der Waals surface area contributed by atoms with Gasteiger partial charge in [-0.2, -0.15) is 5.10 Å². The Morgan fingerprint density at radius 3 is 2.74 bits per heavy atom. The summed E-state index contributed by atoms with van der Waals surface area (Å²) >= 11 is 0. The quantitative estimate of drug-likeness (QED) is 0.378. The van der Waals surface area contributed by atoms with Crippen LogP contribution in [0.15, 0.2) is 53.6 Å². The van der Waals surface area contributed by atoms with Crippen LogP contribution in [0.5, 0.6) is 5.75 Å². The van der Waals surface area contributed by atoms with E-state index >= 15 is 0 Å². The number of hydrogen-bond acceptors (Lipinski definition) is 4. The first-order valence-corrected chi connectivity index (χ1v) is 9.12. The molecule has 2 aromatic carbocycles. The number of imidazole rings is 1. The maximum Gasteiger partial charge on any atom is 0.247 e. The average Bonchev–Trinajstić information content (AvgIpc) is 2.99. The van der Waals surface area contributed by atoms with Gasteiger partial charge in [0.1, 0.15) is 11.6 Å². The van der Waals surface area contributed by atoms with Crippen LogP contribution < -0.4 is 10.2 Å². The van der Waals surface area contributed by atoms with E-state index in [0.29, 0.717) is 5.82 Å². The minimum Gasteiger partial charge on any atom is -0.494 e. The molecule has 27 heavy (non-hydrogen) atoms. The van der Waals surface area contributed by atoms with Gasteiger partial charge in [0.25, 0.3) is 0 Å². The number of aromatic nitrogens is 2. The number of ether oxygens (including phenoxy) is 1. The zero-order valence-corrected chi connectivity index (χ0v) is 15.7. The first-order chi connectivity index (χ1) is 13.2. The molecular weight excluding hydrogens is 340 g/mol. The highest BCUT2D eigenvalue weighted by Crippen LogP contribution is 2.14. The van der Waals surface area contributed by atoms with E-state index in [0.717, 1.165) is 41.8 Å². The van der Waals surface area contributed by atoms with E-state index in [9.17, 15) is 4.79 Å². The third-order valence-corrected chi connectivity index (χ3v) is 4.25. The Bertz CT molecular complexity index is 929. The molecule has 0 aliphatic heterocycles. The molecule has 3 aromatic rings. The molecule has 0 saturated carbocycles. The van der Waals surface area contributed by atoms with Crippen molar-refractivity contribution in [1.82, 2.24) is 15.0 Å². The molecule has 0 radical (unpaired) electrons. The van der Waals surface area contributed by atoms with Gasteiger partial charge in [-0.15, -0.1) is 0 Å². The number of rotatable bonds is 8. The Hall–Kier alpha value is -3.15. The number of amides is 1. The number of aryl methyl sites for hydroxylation is 1. The zero-order valence-electron chi connectivity index (χ0n) is 15.7. The van der Waals surface area contributed by atoms with E-state index in [1.54, 1.807) is 6.21 Å². The van der Waals surface area contributed by atoms with Crippen LogP contribution in [0, 0.1) is 0 Å².